The van der Waals surface area contributed by atoms with Gasteiger partial charge in [-0.3, -0.25) is 0 Å². The van der Waals surface area contributed by atoms with E-state index in [4.69, 9.17) is 5.32 Å². The van der Waals surface area contributed by atoms with Gasteiger partial charge in [-0.1, -0.05) is 121 Å². The number of hydrogen-bond donors (Lipinski definition) is 0. The van der Waals surface area contributed by atoms with Gasteiger partial charge in [-0.25, -0.2) is 0 Å². The first kappa shape index (κ1) is 25.9. The molecule has 5 heteroatoms. The Bertz CT molecular complexity index is 1540. The van der Waals surface area contributed by atoms with Crippen LogP contribution in [0.25, 0.3) is 5.32 Å². The average Bonchev–Trinajstić information content (AvgIpc) is 3.34. The molecule has 0 bridgehead atoms. The summed E-state index contributed by atoms with van der Waals surface area (Å²) in [7, 11) is -1.53. The quantitative estimate of drug-likeness (QED) is 0.131. The zero-order valence-electron chi connectivity index (χ0n) is 21.3. The minimum Gasteiger partial charge on any atom is -0.658 e. The van der Waals surface area contributed by atoms with Crippen LogP contribution in [0.4, 0.5) is 34.1 Å². The Kier molecular flexibility index (Phi) is 7.43. The number of rotatable bonds is 2. The molecule has 0 aliphatic carbocycles. The predicted octanol–water partition coefficient (Wildman–Crippen LogP) is 7.70. The predicted molar refractivity (Wildman–Crippen MR) is 160 cm³/mol. The van der Waals surface area contributed by atoms with Crippen molar-refractivity contribution in [3.05, 3.63) is 139 Å². The second-order valence-corrected chi connectivity index (χ2v) is 14.0. The topological polar surface area (TPSA) is 20.1 Å². The van der Waals surface area contributed by atoms with E-state index in [2.05, 4.69) is 125 Å². The summed E-state index contributed by atoms with van der Waals surface area (Å²) in [6.07, 6.45) is 0. The van der Waals surface area contributed by atoms with E-state index in [9.17, 15) is 0 Å². The van der Waals surface area contributed by atoms with Crippen LogP contribution >= 0.6 is 0 Å². The molecule has 3 nitrogen and oxygen atoms in total. The van der Waals surface area contributed by atoms with Gasteiger partial charge in [0.05, 0.1) is 0 Å². The zero-order chi connectivity index (χ0) is 25.2. The number of benzene rings is 5. The Morgan fingerprint density at radius 3 is 1.32 bits per heavy atom. The third-order valence-electron chi connectivity index (χ3n) is 6.99. The van der Waals surface area contributed by atoms with E-state index in [1.807, 2.05) is 36.4 Å². The molecular formula is C33H28AuN3Si+2. The van der Waals surface area contributed by atoms with Gasteiger partial charge in [0.2, 0.25) is 11.4 Å². The van der Waals surface area contributed by atoms with Crippen LogP contribution in [0.1, 0.15) is 0 Å². The number of nitrogens with zero attached hydrogens (tertiary/aromatic N) is 3. The maximum atomic E-state index is 4.74. The minimum absolute atomic E-state index is 0. The van der Waals surface area contributed by atoms with Gasteiger partial charge < -0.3 is 5.32 Å². The smallest absolute Gasteiger partial charge is 0.658 e. The van der Waals surface area contributed by atoms with Crippen LogP contribution in [0.2, 0.25) is 13.1 Å². The molecule has 7 rings (SSSR count). The Morgan fingerprint density at radius 1 is 0.500 bits per heavy atom. The molecule has 0 N–H and O–H groups in total. The van der Waals surface area contributed by atoms with Gasteiger partial charge in [0.1, 0.15) is 8.07 Å². The van der Waals surface area contributed by atoms with Gasteiger partial charge in [-0.05, 0) is 9.15 Å². The fraction of sp³-hybridized carbons (Fsp3) is 0.0606. The largest absolute Gasteiger partial charge is 1.00 e. The van der Waals surface area contributed by atoms with Gasteiger partial charge in [-0.15, -0.1) is 11.4 Å². The molecule has 2 aliphatic heterocycles. The summed E-state index contributed by atoms with van der Waals surface area (Å²) in [6, 6.07) is 49.6. The van der Waals surface area contributed by atoms with Crippen LogP contribution in [0.15, 0.2) is 133 Å². The third-order valence-corrected chi connectivity index (χ3v) is 10.5. The number of para-hydroxylation sites is 6. The normalized spacial score (nSPS) is 13.6. The second kappa shape index (κ2) is 10.9. The van der Waals surface area contributed by atoms with E-state index >= 15 is 0 Å². The fourth-order valence-corrected chi connectivity index (χ4v) is 7.95. The summed E-state index contributed by atoms with van der Waals surface area (Å²) in [5.41, 5.74) is 6.85. The van der Waals surface area contributed by atoms with E-state index in [1.165, 1.54) is 10.4 Å². The van der Waals surface area contributed by atoms with Crippen molar-refractivity contribution in [2.24, 2.45) is 0 Å². The molecule has 0 unspecified atom stereocenters. The van der Waals surface area contributed by atoms with Gasteiger partial charge in [-0.2, -0.15) is 0 Å². The molecule has 0 saturated carbocycles. The molecule has 2 heterocycles. The molecule has 0 saturated heterocycles. The van der Waals surface area contributed by atoms with Crippen molar-refractivity contribution in [3.63, 3.8) is 0 Å². The summed E-state index contributed by atoms with van der Waals surface area (Å²) in [5, 5.41) is 7.64. The molecular weight excluding hydrogens is 663 g/mol. The third kappa shape index (κ3) is 4.77. The maximum Gasteiger partial charge on any atom is 1.00 e. The van der Waals surface area contributed by atoms with Crippen LogP contribution in [0.5, 0.6) is 0 Å². The molecule has 0 atom stereocenters. The van der Waals surface area contributed by atoms with Gasteiger partial charge in [0.15, 0.2) is 0 Å². The maximum absolute atomic E-state index is 4.74. The van der Waals surface area contributed by atoms with Crippen LogP contribution in [0, 0.1) is 0 Å². The molecule has 5 aromatic carbocycles. The number of fused-ring (bicyclic) bond motifs is 3. The van der Waals surface area contributed by atoms with Crippen LogP contribution in [-0.2, 0) is 22.4 Å². The van der Waals surface area contributed by atoms with E-state index in [1.54, 1.807) is 0 Å². The van der Waals surface area contributed by atoms with Gasteiger partial charge in [0.25, 0.3) is 11.4 Å². The SMILES string of the molecule is C1=[N+](c2ccccc2)c2ccccc2[N+]=1c1ccccc1.C[Si]1(C)c2ccccc2[N-]c2ccccc21.[Au+]. The molecule has 2 aliphatic rings. The van der Waals surface area contributed by atoms with E-state index in [0.717, 1.165) is 34.1 Å². The summed E-state index contributed by atoms with van der Waals surface area (Å²) in [6.45, 7) is 4.80. The molecule has 0 radical (unpaired) electrons. The van der Waals surface area contributed by atoms with E-state index in [-0.39, 0.29) is 22.4 Å². The minimum atomic E-state index is -1.53. The molecule has 0 spiro atoms. The van der Waals surface area contributed by atoms with Crippen molar-refractivity contribution in [1.29, 1.82) is 0 Å². The first-order chi connectivity index (χ1) is 18.1. The zero-order valence-corrected chi connectivity index (χ0v) is 24.5. The van der Waals surface area contributed by atoms with E-state index in [0.29, 0.717) is 0 Å². The van der Waals surface area contributed by atoms with Crippen LogP contribution in [0.3, 0.4) is 0 Å². The summed E-state index contributed by atoms with van der Waals surface area (Å²) in [5.74, 6) is 0. The fourth-order valence-electron chi connectivity index (χ4n) is 5.07. The first-order valence-corrected chi connectivity index (χ1v) is 15.6. The molecule has 0 fully saturated rings. The van der Waals surface area contributed by atoms with Crippen molar-refractivity contribution in [1.82, 2.24) is 9.15 Å². The van der Waals surface area contributed by atoms with E-state index < -0.39 is 8.07 Å². The average molecular weight is 692 g/mol. The Morgan fingerprint density at radius 2 is 0.868 bits per heavy atom. The monoisotopic (exact) mass is 691 g/mol. The van der Waals surface area contributed by atoms with Crippen molar-refractivity contribution >= 4 is 58.6 Å². The Balaban J connectivity index is 0.000000156. The van der Waals surface area contributed by atoms with Gasteiger partial charge >= 0.3 is 28.4 Å². The van der Waals surface area contributed by atoms with Crippen LogP contribution < -0.4 is 19.5 Å². The summed E-state index contributed by atoms with van der Waals surface area (Å²) in [4.78, 5) is 0. The molecule has 38 heavy (non-hydrogen) atoms. The van der Waals surface area contributed by atoms with Crippen molar-refractivity contribution in [2.75, 3.05) is 0 Å². The molecule has 5 aromatic rings. The standard InChI is InChI=1S/C19H14N2.C14H14NSi.Au/c1-3-9-16(10-4-1)20-15-21(17-11-5-2-6-12-17)19-14-8-7-13-18(19)20;1-16(2)13-9-5-3-7-11(13)15-12-8-4-6-10-14(12)16;/h1-14H;3-10H,1-2H3;/q+2;-1;+1. The molecule has 188 valence electrons. The van der Waals surface area contributed by atoms with Crippen molar-refractivity contribution in [2.45, 2.75) is 13.1 Å². The second-order valence-electron chi connectivity index (χ2n) is 9.70. The Labute approximate surface area is 241 Å². The van der Waals surface area contributed by atoms with Crippen molar-refractivity contribution in [3.8, 4) is 0 Å². The molecule has 0 aromatic heterocycles. The summed E-state index contributed by atoms with van der Waals surface area (Å²) < 4.78 is 4.20. The Hall–Kier alpha value is -3.76. The molecule has 0 amide bonds. The first-order valence-electron chi connectivity index (χ1n) is 12.6. The number of hydrogen-bond acceptors (Lipinski definition) is 0. The van der Waals surface area contributed by atoms with Crippen molar-refractivity contribution < 1.29 is 22.4 Å². The van der Waals surface area contributed by atoms with Gasteiger partial charge in [0, 0.05) is 36.4 Å². The van der Waals surface area contributed by atoms with Crippen LogP contribution in [-0.4, -0.2) is 14.1 Å². The summed E-state index contributed by atoms with van der Waals surface area (Å²) >= 11 is 0.